The first kappa shape index (κ1) is 8.72. The summed E-state index contributed by atoms with van der Waals surface area (Å²) >= 11 is 1.21. The normalized spacial score (nSPS) is 10.4. The van der Waals surface area contributed by atoms with E-state index in [0.717, 1.165) is 6.42 Å². The average Bonchev–Trinajstić information content (AvgIpc) is 1.89. The van der Waals surface area contributed by atoms with E-state index in [1.807, 2.05) is 0 Å². The fourth-order valence-corrected chi connectivity index (χ4v) is 0.576. The lowest BCUT2D eigenvalue weighted by Crippen LogP contribution is -1.95. The van der Waals surface area contributed by atoms with Crippen LogP contribution in [0.3, 0.4) is 0 Å². The summed E-state index contributed by atoms with van der Waals surface area (Å²) in [5.41, 5.74) is 5.19. The summed E-state index contributed by atoms with van der Waals surface area (Å²) in [5, 5.41) is 0.0865. The molecule has 9 heavy (non-hydrogen) atoms. The Morgan fingerprint density at radius 1 is 1.78 bits per heavy atom. The summed E-state index contributed by atoms with van der Waals surface area (Å²) in [7, 11) is 0. The van der Waals surface area contributed by atoms with Gasteiger partial charge in [-0.2, -0.15) is 0 Å². The molecule has 0 saturated carbocycles. The summed E-state index contributed by atoms with van der Waals surface area (Å²) < 4.78 is 0. The zero-order valence-corrected chi connectivity index (χ0v) is 6.28. The van der Waals surface area contributed by atoms with E-state index in [9.17, 15) is 4.79 Å². The van der Waals surface area contributed by atoms with Crippen molar-refractivity contribution >= 4 is 16.9 Å². The van der Waals surface area contributed by atoms with Gasteiger partial charge in [-0.1, -0.05) is 17.8 Å². The van der Waals surface area contributed by atoms with Crippen molar-refractivity contribution in [2.24, 2.45) is 5.73 Å². The van der Waals surface area contributed by atoms with Crippen LogP contribution in [0.15, 0.2) is 12.2 Å². The molecule has 0 radical (unpaired) electrons. The maximum Gasteiger partial charge on any atom is 0.211 e. The van der Waals surface area contributed by atoms with E-state index in [0.29, 0.717) is 6.54 Å². The second-order valence-electron chi connectivity index (χ2n) is 1.50. The molecule has 3 heteroatoms. The van der Waals surface area contributed by atoms with Gasteiger partial charge in [0.25, 0.3) is 0 Å². The van der Waals surface area contributed by atoms with Gasteiger partial charge >= 0.3 is 0 Å². The maximum absolute atomic E-state index is 10.5. The zero-order valence-electron chi connectivity index (χ0n) is 5.46. The Labute approximate surface area is 59.5 Å². The average molecular weight is 145 g/mol. The summed E-state index contributed by atoms with van der Waals surface area (Å²) in [6.07, 6.45) is 5.89. The standard InChI is InChI=1S/C6H11NOS/c1-9-6(8)4-2-3-5-7/h2,4H,3,5,7H2,1H3/b4-2+. The predicted octanol–water partition coefficient (Wildman–Crippen LogP) is 0.781. The lowest BCUT2D eigenvalue weighted by Gasteiger charge is -1.83. The van der Waals surface area contributed by atoms with Gasteiger partial charge in [-0.25, -0.2) is 0 Å². The van der Waals surface area contributed by atoms with Crippen LogP contribution in [-0.2, 0) is 4.79 Å². The summed E-state index contributed by atoms with van der Waals surface area (Å²) in [6, 6.07) is 0. The number of thioether (sulfide) groups is 1. The molecule has 0 unspecified atom stereocenters. The van der Waals surface area contributed by atoms with Crippen molar-refractivity contribution in [2.45, 2.75) is 6.42 Å². The number of carbonyl (C=O) groups excluding carboxylic acids is 1. The van der Waals surface area contributed by atoms with Gasteiger partial charge < -0.3 is 5.73 Å². The molecule has 0 spiro atoms. The first-order chi connectivity index (χ1) is 4.31. The molecule has 0 rings (SSSR count). The quantitative estimate of drug-likeness (QED) is 0.597. The molecular formula is C6H11NOS. The largest absolute Gasteiger partial charge is 0.330 e. The maximum atomic E-state index is 10.5. The molecule has 0 aliphatic carbocycles. The third kappa shape index (κ3) is 5.59. The molecule has 0 heterocycles. The van der Waals surface area contributed by atoms with Gasteiger partial charge in [0.05, 0.1) is 0 Å². The van der Waals surface area contributed by atoms with Crippen LogP contribution in [0, 0.1) is 0 Å². The Morgan fingerprint density at radius 2 is 2.44 bits per heavy atom. The lowest BCUT2D eigenvalue weighted by atomic mass is 10.4. The van der Waals surface area contributed by atoms with E-state index in [1.165, 1.54) is 11.8 Å². The van der Waals surface area contributed by atoms with E-state index in [4.69, 9.17) is 5.73 Å². The number of hydrogen-bond acceptors (Lipinski definition) is 3. The zero-order chi connectivity index (χ0) is 7.11. The fraction of sp³-hybridized carbons (Fsp3) is 0.500. The summed E-state index contributed by atoms with van der Waals surface area (Å²) in [6.45, 7) is 0.609. The number of rotatable bonds is 3. The van der Waals surface area contributed by atoms with Crippen LogP contribution in [0.5, 0.6) is 0 Å². The highest BCUT2D eigenvalue weighted by Gasteiger charge is 1.86. The molecule has 0 aromatic carbocycles. The number of hydrogen-bond donors (Lipinski definition) is 1. The molecular weight excluding hydrogens is 134 g/mol. The lowest BCUT2D eigenvalue weighted by molar-refractivity contribution is -0.107. The molecule has 0 atom stereocenters. The highest BCUT2D eigenvalue weighted by Crippen LogP contribution is 1.95. The van der Waals surface area contributed by atoms with Gasteiger partial charge in [0.15, 0.2) is 0 Å². The highest BCUT2D eigenvalue weighted by molar-refractivity contribution is 8.13. The van der Waals surface area contributed by atoms with E-state index in [-0.39, 0.29) is 5.12 Å². The minimum absolute atomic E-state index is 0.0865. The third-order valence-electron chi connectivity index (χ3n) is 0.788. The number of nitrogens with two attached hydrogens (primary N) is 1. The van der Waals surface area contributed by atoms with E-state index < -0.39 is 0 Å². The smallest absolute Gasteiger partial charge is 0.211 e. The molecule has 52 valence electrons. The van der Waals surface area contributed by atoms with Crippen molar-refractivity contribution in [1.82, 2.24) is 0 Å². The Kier molecular flexibility index (Phi) is 5.67. The first-order valence-electron chi connectivity index (χ1n) is 2.76. The van der Waals surface area contributed by atoms with Gasteiger partial charge in [-0.05, 0) is 25.3 Å². The SMILES string of the molecule is CSC(=O)/C=C/CCN. The van der Waals surface area contributed by atoms with Crippen LogP contribution in [-0.4, -0.2) is 17.9 Å². The van der Waals surface area contributed by atoms with Crippen molar-refractivity contribution in [2.75, 3.05) is 12.8 Å². The second-order valence-corrected chi connectivity index (χ2v) is 2.31. The van der Waals surface area contributed by atoms with Crippen LogP contribution in [0.4, 0.5) is 0 Å². The van der Waals surface area contributed by atoms with Crippen LogP contribution >= 0.6 is 11.8 Å². The van der Waals surface area contributed by atoms with Gasteiger partial charge in [0, 0.05) is 0 Å². The fourth-order valence-electron chi connectivity index (χ4n) is 0.344. The first-order valence-corrected chi connectivity index (χ1v) is 3.98. The molecule has 0 aliphatic heterocycles. The molecule has 0 aromatic rings. The van der Waals surface area contributed by atoms with Crippen molar-refractivity contribution in [3.05, 3.63) is 12.2 Å². The summed E-state index contributed by atoms with van der Waals surface area (Å²) in [5.74, 6) is 0. The van der Waals surface area contributed by atoms with Gasteiger partial charge in [-0.15, -0.1) is 0 Å². The molecule has 0 amide bonds. The van der Waals surface area contributed by atoms with E-state index >= 15 is 0 Å². The van der Waals surface area contributed by atoms with Crippen LogP contribution in [0.2, 0.25) is 0 Å². The minimum Gasteiger partial charge on any atom is -0.330 e. The predicted molar refractivity (Wildman–Crippen MR) is 41.3 cm³/mol. The molecule has 2 nitrogen and oxygen atoms in total. The van der Waals surface area contributed by atoms with Crippen molar-refractivity contribution < 1.29 is 4.79 Å². The summed E-state index contributed by atoms with van der Waals surface area (Å²) in [4.78, 5) is 10.5. The van der Waals surface area contributed by atoms with Gasteiger partial charge in [0.2, 0.25) is 5.12 Å². The van der Waals surface area contributed by atoms with E-state index in [1.54, 1.807) is 18.4 Å². The molecule has 0 aromatic heterocycles. The molecule has 0 aliphatic rings. The van der Waals surface area contributed by atoms with E-state index in [2.05, 4.69) is 0 Å². The van der Waals surface area contributed by atoms with Crippen LogP contribution in [0.1, 0.15) is 6.42 Å². The Balaban J connectivity index is 3.32. The Hall–Kier alpha value is -0.280. The minimum atomic E-state index is 0.0865. The van der Waals surface area contributed by atoms with Crippen LogP contribution < -0.4 is 5.73 Å². The van der Waals surface area contributed by atoms with Gasteiger partial charge in [0.1, 0.15) is 0 Å². The monoisotopic (exact) mass is 145 g/mol. The third-order valence-corrected chi connectivity index (χ3v) is 1.33. The van der Waals surface area contributed by atoms with Gasteiger partial charge in [-0.3, -0.25) is 4.79 Å². The molecule has 0 fully saturated rings. The van der Waals surface area contributed by atoms with Crippen molar-refractivity contribution in [1.29, 1.82) is 0 Å². The molecule has 0 bridgehead atoms. The Morgan fingerprint density at radius 3 is 2.89 bits per heavy atom. The van der Waals surface area contributed by atoms with Crippen LogP contribution in [0.25, 0.3) is 0 Å². The Bertz CT molecular complexity index is 112. The molecule has 0 saturated heterocycles. The number of carbonyl (C=O) groups is 1. The highest BCUT2D eigenvalue weighted by atomic mass is 32.2. The second kappa shape index (κ2) is 5.85. The molecule has 2 N–H and O–H groups in total. The van der Waals surface area contributed by atoms with Crippen molar-refractivity contribution in [3.8, 4) is 0 Å². The topological polar surface area (TPSA) is 43.1 Å². The van der Waals surface area contributed by atoms with Crippen molar-refractivity contribution in [3.63, 3.8) is 0 Å².